The van der Waals surface area contributed by atoms with Crippen molar-refractivity contribution in [2.45, 2.75) is 32.5 Å². The van der Waals surface area contributed by atoms with E-state index in [4.69, 9.17) is 0 Å². The molecule has 0 spiro atoms. The minimum atomic E-state index is 0. The fourth-order valence-corrected chi connectivity index (χ4v) is 3.75. The Morgan fingerprint density at radius 1 is 1.03 bits per heavy atom. The fourth-order valence-electron chi connectivity index (χ4n) is 3.75. The van der Waals surface area contributed by atoms with E-state index in [0.29, 0.717) is 19.5 Å². The van der Waals surface area contributed by atoms with Crippen LogP contribution in [0.25, 0.3) is 0 Å². The molecule has 1 aliphatic rings. The van der Waals surface area contributed by atoms with E-state index in [2.05, 4.69) is 51.1 Å². The molecule has 32 heavy (non-hydrogen) atoms. The zero-order valence-corrected chi connectivity index (χ0v) is 20.5. The Balaban J connectivity index is 0.00000289. The summed E-state index contributed by atoms with van der Waals surface area (Å²) in [5.41, 5.74) is 4.54. The van der Waals surface area contributed by atoms with Crippen molar-refractivity contribution in [3.8, 4) is 0 Å². The van der Waals surface area contributed by atoms with Crippen molar-refractivity contribution in [2.24, 2.45) is 4.99 Å². The molecular weight excluding hydrogens is 515 g/mol. The normalized spacial score (nSPS) is 13.7. The van der Waals surface area contributed by atoms with Crippen molar-refractivity contribution in [1.29, 1.82) is 0 Å². The van der Waals surface area contributed by atoms with Crippen molar-refractivity contribution < 1.29 is 4.79 Å². The first-order valence-corrected chi connectivity index (χ1v) is 10.6. The molecule has 0 unspecified atom stereocenters. The highest BCUT2D eigenvalue weighted by atomic mass is 127. The van der Waals surface area contributed by atoms with Gasteiger partial charge in [-0.25, -0.2) is 0 Å². The van der Waals surface area contributed by atoms with Crippen molar-refractivity contribution in [2.75, 3.05) is 18.5 Å². The summed E-state index contributed by atoms with van der Waals surface area (Å²) in [5, 5.41) is 11.1. The molecule has 7 nitrogen and oxygen atoms in total. The summed E-state index contributed by atoms with van der Waals surface area (Å²) in [6.45, 7) is 2.88. The van der Waals surface area contributed by atoms with Gasteiger partial charge in [-0.15, -0.1) is 24.0 Å². The maximum absolute atomic E-state index is 11.9. The Hall–Kier alpha value is -2.88. The van der Waals surface area contributed by atoms with Crippen LogP contribution in [0.3, 0.4) is 0 Å². The number of aromatic nitrogens is 2. The number of hydrogen-bond acceptors (Lipinski definition) is 3. The van der Waals surface area contributed by atoms with Crippen molar-refractivity contribution in [3.63, 3.8) is 0 Å². The van der Waals surface area contributed by atoms with Crippen LogP contribution in [0.4, 0.5) is 5.69 Å². The Bertz CT molecular complexity index is 1030. The van der Waals surface area contributed by atoms with E-state index >= 15 is 0 Å². The molecule has 0 aliphatic carbocycles. The zero-order valence-electron chi connectivity index (χ0n) is 18.2. The van der Waals surface area contributed by atoms with Gasteiger partial charge in [-0.2, -0.15) is 5.10 Å². The van der Waals surface area contributed by atoms with Gasteiger partial charge in [0.1, 0.15) is 0 Å². The van der Waals surface area contributed by atoms with Crippen molar-refractivity contribution in [3.05, 3.63) is 83.7 Å². The van der Waals surface area contributed by atoms with Gasteiger partial charge in [0.2, 0.25) is 5.91 Å². The number of benzene rings is 2. The van der Waals surface area contributed by atoms with Crippen LogP contribution in [0.5, 0.6) is 0 Å². The average Bonchev–Trinajstić information content (AvgIpc) is 3.47. The van der Waals surface area contributed by atoms with E-state index in [9.17, 15) is 4.79 Å². The largest absolute Gasteiger partial charge is 0.352 e. The molecular formula is C24H29IN6O. The first-order chi connectivity index (χ1) is 15.2. The van der Waals surface area contributed by atoms with E-state index in [1.807, 2.05) is 40.0 Å². The van der Waals surface area contributed by atoms with Gasteiger partial charge in [-0.3, -0.25) is 14.5 Å². The van der Waals surface area contributed by atoms with Gasteiger partial charge < -0.3 is 15.5 Å². The molecule has 0 bridgehead atoms. The van der Waals surface area contributed by atoms with Crippen LogP contribution >= 0.6 is 24.0 Å². The molecule has 1 aromatic heterocycles. The number of halogens is 1. The highest BCUT2D eigenvalue weighted by molar-refractivity contribution is 14.0. The summed E-state index contributed by atoms with van der Waals surface area (Å²) in [7, 11) is 1.77. The summed E-state index contributed by atoms with van der Waals surface area (Å²) in [6.07, 6.45) is 5.35. The van der Waals surface area contributed by atoms with Gasteiger partial charge in [-0.1, -0.05) is 36.4 Å². The van der Waals surface area contributed by atoms with Crippen molar-refractivity contribution in [1.82, 2.24) is 20.4 Å². The Morgan fingerprint density at radius 3 is 2.44 bits per heavy atom. The van der Waals surface area contributed by atoms with Gasteiger partial charge in [-0.05, 0) is 41.3 Å². The minimum Gasteiger partial charge on any atom is -0.352 e. The lowest BCUT2D eigenvalue weighted by Crippen LogP contribution is -2.36. The predicted molar refractivity (Wildman–Crippen MR) is 138 cm³/mol. The molecule has 1 fully saturated rings. The highest BCUT2D eigenvalue weighted by Crippen LogP contribution is 2.21. The average molecular weight is 544 g/mol. The number of carbonyl (C=O) groups excluding carboxylic acids is 1. The Kier molecular flexibility index (Phi) is 8.66. The van der Waals surface area contributed by atoms with Crippen LogP contribution < -0.4 is 15.5 Å². The summed E-state index contributed by atoms with van der Waals surface area (Å²) < 4.78 is 1.92. The molecule has 0 atom stereocenters. The smallest absolute Gasteiger partial charge is 0.227 e. The number of carbonyl (C=O) groups is 1. The van der Waals surface area contributed by atoms with Crippen LogP contribution in [-0.2, 0) is 24.4 Å². The third-order valence-corrected chi connectivity index (χ3v) is 5.46. The molecule has 1 aliphatic heterocycles. The maximum atomic E-state index is 11.9. The molecule has 2 N–H and O–H groups in total. The fraction of sp³-hybridized carbons (Fsp3) is 0.292. The number of amides is 1. The van der Waals surface area contributed by atoms with Gasteiger partial charge in [0.05, 0.1) is 6.54 Å². The van der Waals surface area contributed by atoms with Gasteiger partial charge in [0.25, 0.3) is 0 Å². The molecule has 2 aromatic carbocycles. The maximum Gasteiger partial charge on any atom is 0.227 e. The molecule has 1 saturated heterocycles. The monoisotopic (exact) mass is 544 g/mol. The number of rotatable bonds is 7. The van der Waals surface area contributed by atoms with Crippen LogP contribution in [0.1, 0.15) is 29.5 Å². The van der Waals surface area contributed by atoms with Crippen molar-refractivity contribution >= 4 is 41.5 Å². The van der Waals surface area contributed by atoms with Crippen LogP contribution in [0, 0.1) is 0 Å². The lowest BCUT2D eigenvalue weighted by molar-refractivity contribution is -0.117. The molecule has 3 aromatic rings. The lowest BCUT2D eigenvalue weighted by atomic mass is 10.1. The molecule has 2 heterocycles. The molecule has 0 radical (unpaired) electrons. The summed E-state index contributed by atoms with van der Waals surface area (Å²) in [4.78, 5) is 18.1. The number of guanidine groups is 1. The first-order valence-electron chi connectivity index (χ1n) is 10.6. The second kappa shape index (κ2) is 11.7. The third kappa shape index (κ3) is 6.09. The topological polar surface area (TPSA) is 74.6 Å². The minimum absolute atomic E-state index is 0. The zero-order chi connectivity index (χ0) is 21.5. The molecule has 4 rings (SSSR count). The lowest BCUT2D eigenvalue weighted by Gasteiger charge is -2.17. The second-order valence-corrected chi connectivity index (χ2v) is 7.57. The summed E-state index contributed by atoms with van der Waals surface area (Å²) in [5.74, 6) is 0.955. The molecule has 8 heteroatoms. The van der Waals surface area contributed by atoms with E-state index < -0.39 is 0 Å². The van der Waals surface area contributed by atoms with E-state index in [1.54, 1.807) is 13.2 Å². The predicted octanol–water partition coefficient (Wildman–Crippen LogP) is 3.54. The van der Waals surface area contributed by atoms with E-state index in [0.717, 1.165) is 36.7 Å². The summed E-state index contributed by atoms with van der Waals surface area (Å²) >= 11 is 0. The van der Waals surface area contributed by atoms with E-state index in [-0.39, 0.29) is 29.9 Å². The molecule has 0 saturated carbocycles. The van der Waals surface area contributed by atoms with Crippen LogP contribution in [0.15, 0.2) is 72.0 Å². The highest BCUT2D eigenvalue weighted by Gasteiger charge is 2.21. The van der Waals surface area contributed by atoms with Gasteiger partial charge >= 0.3 is 0 Å². The Labute approximate surface area is 205 Å². The second-order valence-electron chi connectivity index (χ2n) is 7.57. The van der Waals surface area contributed by atoms with E-state index in [1.165, 1.54) is 11.1 Å². The molecule has 168 valence electrons. The van der Waals surface area contributed by atoms with Crippen LogP contribution in [-0.4, -0.2) is 35.2 Å². The Morgan fingerprint density at radius 2 is 1.78 bits per heavy atom. The number of hydrogen-bond donors (Lipinski definition) is 2. The van der Waals surface area contributed by atoms with Gasteiger partial charge in [0.15, 0.2) is 5.96 Å². The number of nitrogens with one attached hydrogen (secondary N) is 2. The molecule has 1 amide bonds. The third-order valence-electron chi connectivity index (χ3n) is 5.46. The number of anilines is 1. The quantitative estimate of drug-likeness (QED) is 0.271. The SMILES string of the molecule is CN=C(NCc1ccc(N2CCCC2=O)cc1)NCc1ccccc1Cn1cccn1.I. The first kappa shape index (κ1) is 23.8. The number of nitrogens with zero attached hydrogens (tertiary/aromatic N) is 4. The van der Waals surface area contributed by atoms with Crippen LogP contribution in [0.2, 0.25) is 0 Å². The summed E-state index contributed by atoms with van der Waals surface area (Å²) in [6, 6.07) is 18.4. The van der Waals surface area contributed by atoms with Gasteiger partial charge in [0, 0.05) is 51.2 Å². The number of aliphatic imine (C=N–C) groups is 1. The standard InChI is InChI=1S/C24H28N6O.HI/c1-25-24(26-16-19-9-11-22(12-10-19)30-15-4-8-23(30)31)27-17-20-6-2-3-7-21(20)18-29-14-5-13-28-29;/h2-3,5-7,9-14H,4,8,15-18H2,1H3,(H2,25,26,27);1H.